The van der Waals surface area contributed by atoms with Crippen LogP contribution in [-0.4, -0.2) is 44.3 Å². The van der Waals surface area contributed by atoms with Crippen molar-refractivity contribution in [3.8, 4) is 5.69 Å². The second-order valence-electron chi connectivity index (χ2n) is 6.87. The second-order valence-corrected chi connectivity index (χ2v) is 6.87. The molecule has 2 aromatic rings. The number of hydrogen-bond donors (Lipinski definition) is 1. The first-order valence-corrected chi connectivity index (χ1v) is 8.97. The molecule has 1 N–H and O–H groups in total. The first-order chi connectivity index (χ1) is 12.6. The van der Waals surface area contributed by atoms with Gasteiger partial charge in [-0.3, -0.25) is 4.79 Å². The number of fused-ring (bicyclic) bond motifs is 1. The number of amides is 1. The minimum absolute atomic E-state index is 0.317. The van der Waals surface area contributed by atoms with E-state index in [1.165, 1.54) is 17.0 Å². The average Bonchev–Trinajstić information content (AvgIpc) is 3.26. The van der Waals surface area contributed by atoms with Crippen molar-refractivity contribution in [2.45, 2.75) is 44.6 Å². The molecule has 2 heterocycles. The van der Waals surface area contributed by atoms with Gasteiger partial charge in [-0.15, -0.1) is 0 Å². The van der Waals surface area contributed by atoms with E-state index in [4.69, 9.17) is 0 Å². The van der Waals surface area contributed by atoms with Crippen LogP contribution in [-0.2, 0) is 17.6 Å². The van der Waals surface area contributed by atoms with E-state index in [0.717, 1.165) is 36.9 Å². The Morgan fingerprint density at radius 2 is 2.00 bits per heavy atom. The monoisotopic (exact) mass is 357 g/mol. The van der Waals surface area contributed by atoms with Gasteiger partial charge < -0.3 is 10.0 Å². The third-order valence-corrected chi connectivity index (χ3v) is 5.23. The Bertz CT molecular complexity index is 877. The van der Waals surface area contributed by atoms with Gasteiger partial charge in [0.2, 0.25) is 0 Å². The zero-order valence-corrected chi connectivity index (χ0v) is 14.3. The van der Waals surface area contributed by atoms with E-state index >= 15 is 0 Å². The summed E-state index contributed by atoms with van der Waals surface area (Å²) in [6, 6.07) is 5.35. The van der Waals surface area contributed by atoms with Gasteiger partial charge in [0.05, 0.1) is 5.69 Å². The molecule has 1 fully saturated rings. The minimum atomic E-state index is -0.978. The molecule has 136 valence electrons. The minimum Gasteiger partial charge on any atom is -0.480 e. The van der Waals surface area contributed by atoms with Crippen LogP contribution in [0.1, 0.15) is 47.4 Å². The fraction of sp³-hybridized carbons (Fsp3) is 0.421. The van der Waals surface area contributed by atoms with E-state index in [2.05, 4.69) is 5.10 Å². The van der Waals surface area contributed by atoms with Gasteiger partial charge in [0.25, 0.3) is 5.91 Å². The zero-order valence-electron chi connectivity index (χ0n) is 14.3. The van der Waals surface area contributed by atoms with Crippen molar-refractivity contribution in [2.75, 3.05) is 6.54 Å². The van der Waals surface area contributed by atoms with Gasteiger partial charge in [-0.1, -0.05) is 6.07 Å². The van der Waals surface area contributed by atoms with Gasteiger partial charge in [0.1, 0.15) is 11.9 Å². The van der Waals surface area contributed by atoms with E-state index in [0.29, 0.717) is 30.8 Å². The Morgan fingerprint density at radius 3 is 2.77 bits per heavy atom. The van der Waals surface area contributed by atoms with E-state index in [1.54, 1.807) is 16.8 Å². The van der Waals surface area contributed by atoms with E-state index in [9.17, 15) is 19.1 Å². The molecule has 1 aliphatic carbocycles. The van der Waals surface area contributed by atoms with Crippen molar-refractivity contribution >= 4 is 11.9 Å². The van der Waals surface area contributed by atoms with E-state index < -0.39 is 12.0 Å². The molecule has 1 aromatic carbocycles. The van der Waals surface area contributed by atoms with Crippen LogP contribution in [0.5, 0.6) is 0 Å². The maximum atomic E-state index is 13.7. The Kier molecular flexibility index (Phi) is 4.22. The highest BCUT2D eigenvalue weighted by atomic mass is 19.1. The van der Waals surface area contributed by atoms with Crippen LogP contribution in [0.2, 0.25) is 0 Å². The Morgan fingerprint density at radius 1 is 1.19 bits per heavy atom. The third kappa shape index (κ3) is 2.77. The number of aliphatic carboxylic acids is 1. The van der Waals surface area contributed by atoms with Crippen molar-refractivity contribution in [1.29, 1.82) is 0 Å². The number of likely N-dealkylation sites (tertiary alicyclic amines) is 1. The molecule has 1 saturated heterocycles. The summed E-state index contributed by atoms with van der Waals surface area (Å²) < 4.78 is 15.3. The molecular weight excluding hydrogens is 337 g/mol. The van der Waals surface area contributed by atoms with Gasteiger partial charge in [-0.05, 0) is 56.7 Å². The molecule has 0 bridgehead atoms. The molecule has 0 saturated carbocycles. The molecular formula is C19H20FN3O3. The highest BCUT2D eigenvalue weighted by Crippen LogP contribution is 2.29. The summed E-state index contributed by atoms with van der Waals surface area (Å²) in [6.45, 7) is 0.428. The summed E-state index contributed by atoms with van der Waals surface area (Å²) in [5, 5.41) is 13.9. The van der Waals surface area contributed by atoms with Crippen molar-refractivity contribution in [2.24, 2.45) is 0 Å². The molecule has 0 radical (unpaired) electrons. The van der Waals surface area contributed by atoms with Crippen LogP contribution in [0.25, 0.3) is 5.69 Å². The lowest BCUT2D eigenvalue weighted by atomic mass is 9.95. The number of benzene rings is 1. The molecule has 2 aliphatic rings. The SMILES string of the molecule is O=C(O)[C@@H]1CCCN1C(=O)c1nn(-c2cccc(F)c2)c2c1CCCC2. The second kappa shape index (κ2) is 6.55. The van der Waals surface area contributed by atoms with Gasteiger partial charge >= 0.3 is 5.97 Å². The van der Waals surface area contributed by atoms with Crippen molar-refractivity contribution in [1.82, 2.24) is 14.7 Å². The molecule has 4 rings (SSSR count). The largest absolute Gasteiger partial charge is 0.480 e. The predicted molar refractivity (Wildman–Crippen MR) is 91.9 cm³/mol. The summed E-state index contributed by atoms with van der Waals surface area (Å²) in [6.07, 6.45) is 4.60. The number of hydrogen-bond acceptors (Lipinski definition) is 3. The number of nitrogens with zero attached hydrogens (tertiary/aromatic N) is 3. The number of rotatable bonds is 3. The summed E-state index contributed by atoms with van der Waals surface area (Å²) in [5.41, 5.74) is 2.70. The lowest BCUT2D eigenvalue weighted by Crippen LogP contribution is -2.41. The smallest absolute Gasteiger partial charge is 0.326 e. The molecule has 1 amide bonds. The number of carbonyl (C=O) groups excluding carboxylic acids is 1. The fourth-order valence-electron chi connectivity index (χ4n) is 3.99. The maximum absolute atomic E-state index is 13.7. The predicted octanol–water partition coefficient (Wildman–Crippen LogP) is 2.58. The average molecular weight is 357 g/mol. The standard InChI is InChI=1S/C19H20FN3O3/c20-12-5-3-6-13(11-12)23-15-8-2-1-7-14(15)17(21-23)18(24)22-10-4-9-16(22)19(25)26/h3,5-6,11,16H,1-2,4,7-10H2,(H,25,26)/t16-/m0/s1. The molecule has 0 spiro atoms. The van der Waals surface area contributed by atoms with Crippen LogP contribution in [0.15, 0.2) is 24.3 Å². The van der Waals surface area contributed by atoms with Crippen LogP contribution in [0.3, 0.4) is 0 Å². The summed E-state index contributed by atoms with van der Waals surface area (Å²) in [7, 11) is 0. The van der Waals surface area contributed by atoms with Crippen molar-refractivity contribution in [3.05, 3.63) is 47.0 Å². The number of carboxylic acid groups (broad SMARTS) is 1. The van der Waals surface area contributed by atoms with Crippen LogP contribution in [0.4, 0.5) is 4.39 Å². The fourth-order valence-corrected chi connectivity index (χ4v) is 3.99. The first kappa shape index (κ1) is 16.8. The van der Waals surface area contributed by atoms with Crippen LogP contribution >= 0.6 is 0 Å². The molecule has 0 unspecified atom stereocenters. The molecule has 6 nitrogen and oxygen atoms in total. The Balaban J connectivity index is 1.77. The van der Waals surface area contributed by atoms with E-state index in [1.807, 2.05) is 0 Å². The van der Waals surface area contributed by atoms with Gasteiger partial charge in [0.15, 0.2) is 5.69 Å². The summed E-state index contributed by atoms with van der Waals surface area (Å²) >= 11 is 0. The normalized spacial score (nSPS) is 19.4. The number of aromatic nitrogens is 2. The number of halogens is 1. The van der Waals surface area contributed by atoms with Gasteiger partial charge in [-0.25, -0.2) is 13.9 Å². The highest BCUT2D eigenvalue weighted by molar-refractivity contribution is 5.97. The quantitative estimate of drug-likeness (QED) is 0.916. The van der Waals surface area contributed by atoms with E-state index in [-0.39, 0.29) is 11.7 Å². The summed E-state index contributed by atoms with van der Waals surface area (Å²) in [4.78, 5) is 25.9. The van der Waals surface area contributed by atoms with Crippen LogP contribution in [0, 0.1) is 5.82 Å². The third-order valence-electron chi connectivity index (χ3n) is 5.23. The van der Waals surface area contributed by atoms with Crippen molar-refractivity contribution in [3.63, 3.8) is 0 Å². The van der Waals surface area contributed by atoms with Crippen molar-refractivity contribution < 1.29 is 19.1 Å². The lowest BCUT2D eigenvalue weighted by Gasteiger charge is -2.21. The number of carboxylic acids is 1. The summed E-state index contributed by atoms with van der Waals surface area (Å²) in [5.74, 6) is -1.67. The topological polar surface area (TPSA) is 75.4 Å². The van der Waals surface area contributed by atoms with Gasteiger partial charge in [-0.2, -0.15) is 5.10 Å². The Labute approximate surface area is 150 Å². The van der Waals surface area contributed by atoms with Gasteiger partial charge in [0, 0.05) is 17.8 Å². The number of carbonyl (C=O) groups is 2. The zero-order chi connectivity index (χ0) is 18.3. The molecule has 1 atom stereocenters. The molecule has 1 aromatic heterocycles. The molecule has 26 heavy (non-hydrogen) atoms. The highest BCUT2D eigenvalue weighted by Gasteiger charge is 2.37. The molecule has 1 aliphatic heterocycles. The molecule has 7 heteroatoms. The Hall–Kier alpha value is -2.70. The first-order valence-electron chi connectivity index (χ1n) is 8.97. The van der Waals surface area contributed by atoms with Crippen LogP contribution < -0.4 is 0 Å². The lowest BCUT2D eigenvalue weighted by molar-refractivity contribution is -0.141. The maximum Gasteiger partial charge on any atom is 0.326 e.